The van der Waals surface area contributed by atoms with Gasteiger partial charge in [0.1, 0.15) is 11.8 Å². The first-order chi connectivity index (χ1) is 6.69. The molecule has 1 aromatic rings. The molecule has 4 nitrogen and oxygen atoms in total. The van der Waals surface area contributed by atoms with E-state index in [1.165, 1.54) is 7.11 Å². The number of rotatable bonds is 3. The lowest BCUT2D eigenvalue weighted by Gasteiger charge is -2.10. The van der Waals surface area contributed by atoms with Gasteiger partial charge >= 0.3 is 5.97 Å². The van der Waals surface area contributed by atoms with Crippen molar-refractivity contribution in [1.82, 2.24) is 4.57 Å². The first-order valence-electron chi connectivity index (χ1n) is 4.32. The van der Waals surface area contributed by atoms with Gasteiger partial charge in [0.2, 0.25) is 0 Å². The molecule has 74 valence electrons. The third kappa shape index (κ3) is 2.13. The van der Waals surface area contributed by atoms with Gasteiger partial charge in [-0.3, -0.25) is 4.79 Å². The molecule has 0 amide bonds. The van der Waals surface area contributed by atoms with E-state index in [0.717, 1.165) is 0 Å². The topological polar surface area (TPSA) is 55.0 Å². The number of methoxy groups -OCH3 is 1. The van der Waals surface area contributed by atoms with Crippen molar-refractivity contribution in [3.8, 4) is 6.07 Å². The van der Waals surface area contributed by atoms with Gasteiger partial charge in [-0.25, -0.2) is 0 Å². The number of nitrogens with zero attached hydrogens (tertiary/aromatic N) is 2. The second-order valence-corrected chi connectivity index (χ2v) is 3.08. The highest BCUT2D eigenvalue weighted by molar-refractivity contribution is 5.71. The van der Waals surface area contributed by atoms with Crippen molar-refractivity contribution >= 4 is 5.97 Å². The zero-order valence-corrected chi connectivity index (χ0v) is 8.23. The average molecular weight is 192 g/mol. The molecule has 0 spiro atoms. The van der Waals surface area contributed by atoms with Gasteiger partial charge in [0.05, 0.1) is 13.0 Å². The van der Waals surface area contributed by atoms with E-state index in [4.69, 9.17) is 5.26 Å². The molecule has 0 fully saturated rings. The minimum Gasteiger partial charge on any atom is -0.469 e. The maximum atomic E-state index is 11.1. The van der Waals surface area contributed by atoms with Gasteiger partial charge in [0.15, 0.2) is 0 Å². The Kier molecular flexibility index (Phi) is 3.29. The number of hydrogen-bond donors (Lipinski definition) is 0. The highest BCUT2D eigenvalue weighted by atomic mass is 16.5. The third-order valence-corrected chi connectivity index (χ3v) is 2.02. The zero-order valence-electron chi connectivity index (χ0n) is 8.23. The van der Waals surface area contributed by atoms with Crippen molar-refractivity contribution in [2.75, 3.05) is 7.11 Å². The second-order valence-electron chi connectivity index (χ2n) is 3.08. The molecule has 0 aromatic carbocycles. The van der Waals surface area contributed by atoms with Crippen LogP contribution < -0.4 is 0 Å². The molecule has 0 radical (unpaired) electrons. The van der Waals surface area contributed by atoms with Gasteiger partial charge in [-0.15, -0.1) is 0 Å². The van der Waals surface area contributed by atoms with Gasteiger partial charge < -0.3 is 9.30 Å². The van der Waals surface area contributed by atoms with Gasteiger partial charge in [0.25, 0.3) is 0 Å². The Balaban J connectivity index is 2.70. The molecule has 0 aliphatic rings. The molecule has 0 N–H and O–H groups in total. The molecule has 1 rings (SSSR count). The van der Waals surface area contributed by atoms with Crippen LogP contribution in [0.3, 0.4) is 0 Å². The molecule has 1 heterocycles. The molecule has 0 aliphatic heterocycles. The zero-order chi connectivity index (χ0) is 10.6. The maximum Gasteiger partial charge on any atom is 0.310 e. The number of ether oxygens (including phenoxy) is 1. The van der Waals surface area contributed by atoms with Crippen molar-refractivity contribution in [3.05, 3.63) is 24.0 Å². The summed E-state index contributed by atoms with van der Waals surface area (Å²) in [4.78, 5) is 11.1. The molecule has 0 bridgehead atoms. The summed E-state index contributed by atoms with van der Waals surface area (Å²) >= 11 is 0. The lowest BCUT2D eigenvalue weighted by atomic mass is 10.2. The van der Waals surface area contributed by atoms with Crippen LogP contribution in [0, 0.1) is 17.2 Å². The first kappa shape index (κ1) is 10.3. The van der Waals surface area contributed by atoms with Crippen LogP contribution in [0.15, 0.2) is 18.3 Å². The van der Waals surface area contributed by atoms with Crippen LogP contribution in [0.1, 0.15) is 12.6 Å². The predicted octanol–water partition coefficient (Wildman–Crippen LogP) is 1.17. The Morgan fingerprint density at radius 3 is 3.07 bits per heavy atom. The van der Waals surface area contributed by atoms with Crippen LogP contribution in [0.4, 0.5) is 0 Å². The SMILES string of the molecule is COC(=O)C(C)Cn1cccc1C#N. The van der Waals surface area contributed by atoms with Gasteiger partial charge in [-0.2, -0.15) is 5.26 Å². The molecular weight excluding hydrogens is 180 g/mol. The summed E-state index contributed by atoms with van der Waals surface area (Å²) in [6, 6.07) is 5.54. The summed E-state index contributed by atoms with van der Waals surface area (Å²) in [6.07, 6.45) is 1.78. The van der Waals surface area contributed by atoms with Crippen LogP contribution in [0.5, 0.6) is 0 Å². The summed E-state index contributed by atoms with van der Waals surface area (Å²) in [6.45, 7) is 2.25. The normalized spacial score (nSPS) is 11.8. The highest BCUT2D eigenvalue weighted by Crippen LogP contribution is 2.07. The lowest BCUT2D eigenvalue weighted by Crippen LogP contribution is -2.18. The summed E-state index contributed by atoms with van der Waals surface area (Å²) in [5, 5.41) is 8.73. The third-order valence-electron chi connectivity index (χ3n) is 2.02. The fourth-order valence-corrected chi connectivity index (χ4v) is 1.25. The van der Waals surface area contributed by atoms with E-state index in [1.54, 1.807) is 29.8 Å². The Hall–Kier alpha value is -1.76. The Bertz CT molecular complexity index is 362. The first-order valence-corrected chi connectivity index (χ1v) is 4.32. The standard InChI is InChI=1S/C10H12N2O2/c1-8(10(13)14-2)7-12-5-3-4-9(12)6-11/h3-5,8H,7H2,1-2H3. The minimum atomic E-state index is -0.261. The fourth-order valence-electron chi connectivity index (χ4n) is 1.25. The fraction of sp³-hybridized carbons (Fsp3) is 0.400. The van der Waals surface area contributed by atoms with Crippen molar-refractivity contribution in [2.24, 2.45) is 5.92 Å². The van der Waals surface area contributed by atoms with E-state index < -0.39 is 0 Å². The predicted molar refractivity (Wildman–Crippen MR) is 50.3 cm³/mol. The molecule has 0 aliphatic carbocycles. The number of carbonyl (C=O) groups is 1. The van der Waals surface area contributed by atoms with Crippen molar-refractivity contribution in [1.29, 1.82) is 5.26 Å². The smallest absolute Gasteiger partial charge is 0.310 e. The molecule has 1 unspecified atom stereocenters. The monoisotopic (exact) mass is 192 g/mol. The van der Waals surface area contributed by atoms with Gasteiger partial charge in [-0.1, -0.05) is 6.92 Å². The quantitative estimate of drug-likeness (QED) is 0.675. The average Bonchev–Trinajstić information content (AvgIpc) is 2.63. The van der Waals surface area contributed by atoms with E-state index in [2.05, 4.69) is 4.74 Å². The molecule has 0 saturated heterocycles. The van der Waals surface area contributed by atoms with Crippen molar-refractivity contribution < 1.29 is 9.53 Å². The van der Waals surface area contributed by atoms with E-state index in [9.17, 15) is 4.79 Å². The number of nitriles is 1. The van der Waals surface area contributed by atoms with Crippen LogP contribution in [-0.2, 0) is 16.1 Å². The number of hydrogen-bond acceptors (Lipinski definition) is 3. The number of aromatic nitrogens is 1. The molecule has 4 heteroatoms. The summed E-state index contributed by atoms with van der Waals surface area (Å²) < 4.78 is 6.34. The highest BCUT2D eigenvalue weighted by Gasteiger charge is 2.14. The van der Waals surface area contributed by atoms with E-state index >= 15 is 0 Å². The van der Waals surface area contributed by atoms with E-state index in [1.807, 2.05) is 6.07 Å². The van der Waals surface area contributed by atoms with Crippen molar-refractivity contribution in [2.45, 2.75) is 13.5 Å². The summed E-state index contributed by atoms with van der Waals surface area (Å²) in [7, 11) is 1.36. The summed E-state index contributed by atoms with van der Waals surface area (Å²) in [5.74, 6) is -0.498. The minimum absolute atomic E-state index is 0.237. The second kappa shape index (κ2) is 4.47. The molecule has 0 saturated carbocycles. The Labute approximate surface area is 82.7 Å². The van der Waals surface area contributed by atoms with Gasteiger partial charge in [0, 0.05) is 12.7 Å². The van der Waals surface area contributed by atoms with Crippen LogP contribution in [-0.4, -0.2) is 17.6 Å². The van der Waals surface area contributed by atoms with Crippen LogP contribution in [0.2, 0.25) is 0 Å². The van der Waals surface area contributed by atoms with Gasteiger partial charge in [-0.05, 0) is 12.1 Å². The molecular formula is C10H12N2O2. The number of esters is 1. The molecule has 14 heavy (non-hydrogen) atoms. The van der Waals surface area contributed by atoms with Crippen molar-refractivity contribution in [3.63, 3.8) is 0 Å². The molecule has 1 atom stereocenters. The maximum absolute atomic E-state index is 11.1. The molecule has 1 aromatic heterocycles. The van der Waals surface area contributed by atoms with E-state index in [0.29, 0.717) is 12.2 Å². The lowest BCUT2D eigenvalue weighted by molar-refractivity contribution is -0.145. The summed E-state index contributed by atoms with van der Waals surface area (Å²) in [5.41, 5.74) is 0.556. The Morgan fingerprint density at radius 2 is 2.50 bits per heavy atom. The van der Waals surface area contributed by atoms with E-state index in [-0.39, 0.29) is 11.9 Å². The van der Waals surface area contributed by atoms with Crippen LogP contribution >= 0.6 is 0 Å². The largest absolute Gasteiger partial charge is 0.469 e. The Morgan fingerprint density at radius 1 is 1.79 bits per heavy atom. The van der Waals surface area contributed by atoms with Crippen LogP contribution in [0.25, 0.3) is 0 Å². The number of carbonyl (C=O) groups excluding carboxylic acids is 1.